The molecule has 0 bridgehead atoms. The van der Waals surface area contributed by atoms with Gasteiger partial charge in [-0.2, -0.15) is 0 Å². The summed E-state index contributed by atoms with van der Waals surface area (Å²) in [6.45, 7) is 3.40. The van der Waals surface area contributed by atoms with Crippen molar-refractivity contribution in [2.24, 2.45) is 5.73 Å². The van der Waals surface area contributed by atoms with Crippen LogP contribution in [0.2, 0.25) is 0 Å². The zero-order valence-electron chi connectivity index (χ0n) is 18.7. The average Bonchev–Trinajstić information content (AvgIpc) is 3.18. The fourth-order valence-corrected chi connectivity index (χ4v) is 5.69. The van der Waals surface area contributed by atoms with Crippen LogP contribution in [0.15, 0.2) is 40.2 Å². The molecular formula is C25H29BrN2O3S. The van der Waals surface area contributed by atoms with E-state index in [0.717, 1.165) is 35.7 Å². The topological polar surface area (TPSA) is 64.8 Å². The maximum absolute atomic E-state index is 13.1. The lowest BCUT2D eigenvalue weighted by Gasteiger charge is -2.33. The third-order valence-electron chi connectivity index (χ3n) is 6.33. The third kappa shape index (κ3) is 4.65. The van der Waals surface area contributed by atoms with E-state index in [4.69, 9.17) is 15.2 Å². The van der Waals surface area contributed by atoms with E-state index in [1.54, 1.807) is 31.6 Å². The van der Waals surface area contributed by atoms with Crippen molar-refractivity contribution in [3.8, 4) is 11.5 Å². The molecule has 4 rings (SSSR count). The first-order valence-corrected chi connectivity index (χ1v) is 12.5. The highest BCUT2D eigenvalue weighted by molar-refractivity contribution is 9.10. The fourth-order valence-electron chi connectivity index (χ4n) is 4.35. The van der Waals surface area contributed by atoms with Crippen LogP contribution in [0.3, 0.4) is 0 Å². The van der Waals surface area contributed by atoms with E-state index in [2.05, 4.69) is 46.4 Å². The molecule has 1 aliphatic heterocycles. The maximum atomic E-state index is 13.1. The van der Waals surface area contributed by atoms with Gasteiger partial charge in [0.15, 0.2) is 11.5 Å². The van der Waals surface area contributed by atoms with Gasteiger partial charge >= 0.3 is 0 Å². The Hall–Kier alpha value is -2.09. The number of thiophene rings is 1. The molecule has 2 N–H and O–H groups in total. The molecule has 7 heteroatoms. The summed E-state index contributed by atoms with van der Waals surface area (Å²) >= 11 is 5.35. The quantitative estimate of drug-likeness (QED) is 0.434. The van der Waals surface area contributed by atoms with Gasteiger partial charge in [-0.05, 0) is 79.3 Å². The second-order valence-electron chi connectivity index (χ2n) is 8.67. The number of halogens is 1. The number of benzene rings is 2. The molecule has 0 spiro atoms. The summed E-state index contributed by atoms with van der Waals surface area (Å²) in [4.78, 5) is 15.0. The number of carbonyl (C=O) groups excluding carboxylic acids is 1. The normalized spacial score (nSPS) is 15.5. The van der Waals surface area contributed by atoms with Gasteiger partial charge in [0.05, 0.1) is 14.2 Å². The minimum atomic E-state index is -0.349. The molecular weight excluding hydrogens is 488 g/mol. The van der Waals surface area contributed by atoms with E-state index < -0.39 is 0 Å². The molecule has 0 fully saturated rings. The first-order chi connectivity index (χ1) is 15.3. The van der Waals surface area contributed by atoms with Gasteiger partial charge in [-0.25, -0.2) is 0 Å². The fraction of sp³-hybridized carbons (Fsp3) is 0.400. The average molecular weight is 517 g/mol. The van der Waals surface area contributed by atoms with Gasteiger partial charge in [-0.15, -0.1) is 11.3 Å². The number of methoxy groups -OCH3 is 2. The molecule has 1 unspecified atom stereocenters. The van der Waals surface area contributed by atoms with E-state index in [9.17, 15) is 4.79 Å². The summed E-state index contributed by atoms with van der Waals surface area (Å²) in [5.74, 6) is 1.36. The molecule has 0 radical (unpaired) electrons. The number of nitrogens with two attached hydrogens (primary N) is 1. The van der Waals surface area contributed by atoms with Crippen LogP contribution in [-0.2, 0) is 12.8 Å². The highest BCUT2D eigenvalue weighted by Gasteiger charge is 2.30. The van der Waals surface area contributed by atoms with Crippen LogP contribution in [0.25, 0.3) is 10.1 Å². The zero-order valence-corrected chi connectivity index (χ0v) is 21.1. The number of amides is 1. The lowest BCUT2D eigenvalue weighted by molar-refractivity contribution is 0.0725. The Morgan fingerprint density at radius 2 is 2.00 bits per heavy atom. The number of nitrogens with zero attached hydrogens (tertiary/aromatic N) is 1. The third-order valence-corrected chi connectivity index (χ3v) is 7.84. The van der Waals surface area contributed by atoms with Gasteiger partial charge in [0.2, 0.25) is 0 Å². The monoisotopic (exact) mass is 516 g/mol. The van der Waals surface area contributed by atoms with E-state index in [1.165, 1.54) is 15.6 Å². The molecule has 32 heavy (non-hydrogen) atoms. The van der Waals surface area contributed by atoms with Crippen LogP contribution in [0.1, 0.15) is 41.3 Å². The number of rotatable bonds is 8. The van der Waals surface area contributed by atoms with Gasteiger partial charge in [-0.3, -0.25) is 4.79 Å². The van der Waals surface area contributed by atoms with Gasteiger partial charge in [0.1, 0.15) is 0 Å². The summed E-state index contributed by atoms with van der Waals surface area (Å²) in [6.07, 6.45) is 3.30. The maximum Gasteiger partial charge on any atom is 0.254 e. The second kappa shape index (κ2) is 9.41. The Balaban J connectivity index is 1.39. The van der Waals surface area contributed by atoms with Crippen LogP contribution in [0.5, 0.6) is 11.5 Å². The summed E-state index contributed by atoms with van der Waals surface area (Å²) in [5.41, 5.74) is 9.29. The van der Waals surface area contributed by atoms with Crippen molar-refractivity contribution in [2.45, 2.75) is 38.1 Å². The highest BCUT2D eigenvalue weighted by atomic mass is 79.9. The van der Waals surface area contributed by atoms with Gasteiger partial charge in [-0.1, -0.05) is 15.9 Å². The van der Waals surface area contributed by atoms with Crippen LogP contribution in [-0.4, -0.2) is 43.7 Å². The lowest BCUT2D eigenvalue weighted by atomic mass is 9.90. The van der Waals surface area contributed by atoms with Crippen molar-refractivity contribution >= 4 is 43.3 Å². The predicted octanol–water partition coefficient (Wildman–Crippen LogP) is 5.42. The predicted molar refractivity (Wildman–Crippen MR) is 134 cm³/mol. The minimum absolute atomic E-state index is 0.0386. The Morgan fingerprint density at radius 3 is 2.75 bits per heavy atom. The van der Waals surface area contributed by atoms with E-state index in [0.29, 0.717) is 30.2 Å². The first-order valence-electron chi connectivity index (χ1n) is 10.8. The van der Waals surface area contributed by atoms with Crippen molar-refractivity contribution in [1.29, 1.82) is 0 Å². The number of fused-ring (bicyclic) bond motifs is 2. The number of aryl methyl sites for hydroxylation is 1. The Labute approximate surface area is 201 Å². The molecule has 0 saturated carbocycles. The molecule has 5 nitrogen and oxygen atoms in total. The molecule has 170 valence electrons. The molecule has 0 aliphatic carbocycles. The van der Waals surface area contributed by atoms with E-state index in [-0.39, 0.29) is 11.4 Å². The lowest BCUT2D eigenvalue weighted by Crippen LogP contribution is -2.44. The van der Waals surface area contributed by atoms with Crippen LogP contribution >= 0.6 is 27.3 Å². The minimum Gasteiger partial charge on any atom is -0.493 e. The van der Waals surface area contributed by atoms with E-state index >= 15 is 0 Å². The van der Waals surface area contributed by atoms with Crippen molar-refractivity contribution in [3.05, 3.63) is 56.9 Å². The molecule has 1 aliphatic rings. The zero-order chi connectivity index (χ0) is 22.9. The first kappa shape index (κ1) is 23.1. The van der Waals surface area contributed by atoms with Gasteiger partial charge in [0, 0.05) is 38.9 Å². The Kier molecular flexibility index (Phi) is 6.79. The summed E-state index contributed by atoms with van der Waals surface area (Å²) in [7, 11) is 3.23. The number of ether oxygens (including phenoxy) is 2. The molecule has 2 aromatic carbocycles. The molecule has 1 atom stereocenters. The smallest absolute Gasteiger partial charge is 0.254 e. The van der Waals surface area contributed by atoms with Crippen molar-refractivity contribution in [3.63, 3.8) is 0 Å². The number of hydrogen-bond donors (Lipinski definition) is 1. The Bertz CT molecular complexity index is 1140. The molecule has 1 aromatic heterocycles. The largest absolute Gasteiger partial charge is 0.493 e. The van der Waals surface area contributed by atoms with Crippen LogP contribution < -0.4 is 15.2 Å². The standard InChI is InChI=1S/C25H29BrN2O3S/c1-25(27,10-8-16-15-32-22-7-4-17(26)14-20(16)22)11-13-28-12-9-18-19(24(28)29)5-6-21(30-2)23(18)31-3/h4-7,14-15H,8-13,27H2,1-3H3. The summed E-state index contributed by atoms with van der Waals surface area (Å²) in [5, 5.41) is 3.53. The molecule has 3 aromatic rings. The molecule has 0 saturated heterocycles. The van der Waals surface area contributed by atoms with Crippen molar-refractivity contribution < 1.29 is 14.3 Å². The van der Waals surface area contributed by atoms with Crippen molar-refractivity contribution in [2.75, 3.05) is 27.3 Å². The summed E-state index contributed by atoms with van der Waals surface area (Å²) < 4.78 is 13.3. The SMILES string of the molecule is COc1ccc2c(c1OC)CCN(CCC(C)(N)CCc1csc3ccc(Br)cc13)C2=O. The van der Waals surface area contributed by atoms with E-state index in [1.807, 2.05) is 11.0 Å². The van der Waals surface area contributed by atoms with Gasteiger partial charge < -0.3 is 20.1 Å². The second-order valence-corrected chi connectivity index (χ2v) is 10.5. The van der Waals surface area contributed by atoms with Crippen LogP contribution in [0.4, 0.5) is 0 Å². The number of hydrogen-bond acceptors (Lipinski definition) is 5. The highest BCUT2D eigenvalue weighted by Crippen LogP contribution is 2.36. The van der Waals surface area contributed by atoms with Gasteiger partial charge in [0.25, 0.3) is 5.91 Å². The van der Waals surface area contributed by atoms with Crippen molar-refractivity contribution in [1.82, 2.24) is 4.90 Å². The molecule has 1 amide bonds. The van der Waals surface area contributed by atoms with Crippen LogP contribution in [0, 0.1) is 0 Å². The Morgan fingerprint density at radius 1 is 1.19 bits per heavy atom. The summed E-state index contributed by atoms with van der Waals surface area (Å²) in [6, 6.07) is 10.1. The molecule has 2 heterocycles. The number of carbonyl (C=O) groups is 1.